The third-order valence-electron chi connectivity index (χ3n) is 3.39. The third-order valence-corrected chi connectivity index (χ3v) is 6.41. The van der Waals surface area contributed by atoms with Gasteiger partial charge in [-0.2, -0.15) is 0 Å². The first-order chi connectivity index (χ1) is 11.2. The fourth-order valence-electron chi connectivity index (χ4n) is 2.23. The van der Waals surface area contributed by atoms with Crippen molar-refractivity contribution in [2.24, 2.45) is 0 Å². The molecule has 0 spiro atoms. The summed E-state index contributed by atoms with van der Waals surface area (Å²) in [5, 5.41) is 0. The highest BCUT2D eigenvalue weighted by atomic mass is 32.2. The van der Waals surface area contributed by atoms with Gasteiger partial charge in [-0.05, 0) is 35.6 Å². The van der Waals surface area contributed by atoms with Gasteiger partial charge in [-0.3, -0.25) is 4.79 Å². The largest absolute Gasteiger partial charge is 0.484 e. The normalized spacial score (nSPS) is 15.0. The Labute approximate surface area is 147 Å². The minimum absolute atomic E-state index is 0.0357. The van der Waals surface area contributed by atoms with Gasteiger partial charge in [0.2, 0.25) is 0 Å². The number of hydrogen-bond acceptors (Lipinski definition) is 4. The molecule has 1 aromatic carbocycles. The van der Waals surface area contributed by atoms with Crippen LogP contribution in [0.3, 0.4) is 0 Å². The Morgan fingerprint density at radius 3 is 2.35 bits per heavy atom. The van der Waals surface area contributed by atoms with Crippen LogP contribution >= 0.6 is 23.5 Å². The van der Waals surface area contributed by atoms with Crippen LogP contribution in [0.5, 0.6) is 5.75 Å². The Bertz CT molecular complexity index is 514. The summed E-state index contributed by atoms with van der Waals surface area (Å²) in [7, 11) is 0. The van der Waals surface area contributed by atoms with Crippen LogP contribution in [0.4, 0.5) is 0 Å². The number of hydrogen-bond donors (Lipinski definition) is 0. The number of carbonyl (C=O) groups excluding carboxylic acids is 1. The lowest BCUT2D eigenvalue weighted by Gasteiger charge is -2.21. The van der Waals surface area contributed by atoms with Gasteiger partial charge in [-0.15, -0.1) is 36.7 Å². The van der Waals surface area contributed by atoms with E-state index in [1.54, 1.807) is 17.1 Å². The van der Waals surface area contributed by atoms with Crippen molar-refractivity contribution >= 4 is 29.4 Å². The first-order valence-corrected chi connectivity index (χ1v) is 9.80. The smallest absolute Gasteiger partial charge is 0.261 e. The number of thioether (sulfide) groups is 2. The van der Waals surface area contributed by atoms with Crippen LogP contribution in [-0.4, -0.2) is 42.0 Å². The Hall–Kier alpha value is -1.33. The number of amides is 1. The van der Waals surface area contributed by atoms with Crippen LogP contribution < -0.4 is 4.74 Å². The van der Waals surface area contributed by atoms with Crippen molar-refractivity contribution in [3.63, 3.8) is 0 Å². The monoisotopic (exact) mass is 349 g/mol. The van der Waals surface area contributed by atoms with Crippen molar-refractivity contribution in [1.82, 2.24) is 4.90 Å². The molecular formula is C18H23NO2S2. The first-order valence-electron chi connectivity index (χ1n) is 7.70. The second kappa shape index (κ2) is 9.73. The van der Waals surface area contributed by atoms with Gasteiger partial charge < -0.3 is 9.64 Å². The predicted octanol–water partition coefficient (Wildman–Crippen LogP) is 4.13. The van der Waals surface area contributed by atoms with Crippen molar-refractivity contribution in [3.8, 4) is 5.75 Å². The molecule has 2 rings (SSSR count). The van der Waals surface area contributed by atoms with Crippen LogP contribution in [0.25, 0.3) is 0 Å². The highest BCUT2D eigenvalue weighted by Gasteiger charge is 2.16. The summed E-state index contributed by atoms with van der Waals surface area (Å²) < 4.78 is 6.13. The highest BCUT2D eigenvalue weighted by molar-refractivity contribution is 8.16. The lowest BCUT2D eigenvalue weighted by Crippen LogP contribution is -2.35. The minimum atomic E-state index is -0.0627. The second-order valence-electron chi connectivity index (χ2n) is 5.16. The summed E-state index contributed by atoms with van der Waals surface area (Å²) in [5.74, 6) is 3.12. The van der Waals surface area contributed by atoms with Gasteiger partial charge in [-0.1, -0.05) is 24.3 Å². The molecule has 124 valence electrons. The molecule has 1 amide bonds. The molecule has 1 aliphatic rings. The van der Waals surface area contributed by atoms with Gasteiger partial charge in [0.05, 0.1) is 4.58 Å². The number of carbonyl (C=O) groups is 1. The molecule has 1 heterocycles. The SMILES string of the molecule is C=CCN(CC=C)C(=O)COc1ccc(C2SCCCS2)cc1. The summed E-state index contributed by atoms with van der Waals surface area (Å²) in [6.07, 6.45) is 4.70. The summed E-state index contributed by atoms with van der Waals surface area (Å²) in [6, 6.07) is 8.09. The minimum Gasteiger partial charge on any atom is -0.484 e. The average Bonchev–Trinajstić information content (AvgIpc) is 2.61. The van der Waals surface area contributed by atoms with E-state index in [9.17, 15) is 4.79 Å². The molecule has 0 aromatic heterocycles. The van der Waals surface area contributed by atoms with Gasteiger partial charge in [0, 0.05) is 13.1 Å². The van der Waals surface area contributed by atoms with Crippen LogP contribution in [0.1, 0.15) is 16.6 Å². The number of ether oxygens (including phenoxy) is 1. The van der Waals surface area contributed by atoms with Gasteiger partial charge in [0.15, 0.2) is 6.61 Å². The van der Waals surface area contributed by atoms with Crippen molar-refractivity contribution in [2.75, 3.05) is 31.2 Å². The number of nitrogens with zero attached hydrogens (tertiary/aromatic N) is 1. The molecule has 0 N–H and O–H groups in total. The lowest BCUT2D eigenvalue weighted by atomic mass is 10.2. The van der Waals surface area contributed by atoms with Crippen molar-refractivity contribution in [2.45, 2.75) is 11.0 Å². The Balaban J connectivity index is 1.86. The van der Waals surface area contributed by atoms with E-state index in [0.717, 1.165) is 5.75 Å². The van der Waals surface area contributed by atoms with E-state index in [1.165, 1.54) is 23.5 Å². The fourth-order valence-corrected chi connectivity index (χ4v) is 5.12. The average molecular weight is 350 g/mol. The molecule has 0 saturated carbocycles. The van der Waals surface area contributed by atoms with Crippen LogP contribution in [0.15, 0.2) is 49.6 Å². The van der Waals surface area contributed by atoms with E-state index < -0.39 is 0 Å². The van der Waals surface area contributed by atoms with Gasteiger partial charge >= 0.3 is 0 Å². The standard InChI is InChI=1S/C18H23NO2S2/c1-3-10-19(11-4-2)17(20)14-21-16-8-6-15(7-9-16)18-22-12-5-13-23-18/h3-4,6-9,18H,1-2,5,10-14H2. The highest BCUT2D eigenvalue weighted by Crippen LogP contribution is 2.43. The molecule has 1 saturated heterocycles. The van der Waals surface area contributed by atoms with E-state index in [1.807, 2.05) is 35.7 Å². The van der Waals surface area contributed by atoms with Crippen molar-refractivity contribution in [1.29, 1.82) is 0 Å². The first kappa shape index (κ1) is 18.0. The molecule has 1 aromatic rings. The molecule has 23 heavy (non-hydrogen) atoms. The maximum absolute atomic E-state index is 12.1. The topological polar surface area (TPSA) is 29.5 Å². The predicted molar refractivity (Wildman–Crippen MR) is 101 cm³/mol. The summed E-state index contributed by atoms with van der Waals surface area (Å²) in [6.45, 7) is 8.37. The molecule has 0 radical (unpaired) electrons. The number of rotatable bonds is 8. The summed E-state index contributed by atoms with van der Waals surface area (Å²) in [4.78, 5) is 13.8. The molecule has 0 unspecified atom stereocenters. The van der Waals surface area contributed by atoms with E-state index in [-0.39, 0.29) is 12.5 Å². The third kappa shape index (κ3) is 5.66. The summed E-state index contributed by atoms with van der Waals surface area (Å²) in [5.41, 5.74) is 1.32. The molecule has 5 heteroatoms. The molecule has 0 atom stereocenters. The lowest BCUT2D eigenvalue weighted by molar-refractivity contribution is -0.132. The van der Waals surface area contributed by atoms with Crippen LogP contribution in [0.2, 0.25) is 0 Å². The quantitative estimate of drug-likeness (QED) is 0.660. The Kier molecular flexibility index (Phi) is 7.62. The zero-order valence-corrected chi connectivity index (χ0v) is 14.9. The zero-order valence-electron chi connectivity index (χ0n) is 13.3. The maximum Gasteiger partial charge on any atom is 0.261 e. The van der Waals surface area contributed by atoms with E-state index in [2.05, 4.69) is 25.3 Å². The molecule has 0 bridgehead atoms. The fraction of sp³-hybridized carbons (Fsp3) is 0.389. The van der Waals surface area contributed by atoms with E-state index >= 15 is 0 Å². The number of benzene rings is 1. The van der Waals surface area contributed by atoms with Crippen molar-refractivity contribution < 1.29 is 9.53 Å². The molecular weight excluding hydrogens is 326 g/mol. The van der Waals surface area contributed by atoms with E-state index in [4.69, 9.17) is 4.74 Å². The van der Waals surface area contributed by atoms with Crippen molar-refractivity contribution in [3.05, 3.63) is 55.1 Å². The molecule has 1 aliphatic heterocycles. The molecule has 0 aliphatic carbocycles. The van der Waals surface area contributed by atoms with Gasteiger partial charge in [0.1, 0.15) is 5.75 Å². The second-order valence-corrected chi connectivity index (χ2v) is 7.89. The summed E-state index contributed by atoms with van der Waals surface area (Å²) >= 11 is 4.00. The van der Waals surface area contributed by atoms with Crippen LogP contribution in [0, 0.1) is 0 Å². The Morgan fingerprint density at radius 1 is 1.17 bits per heavy atom. The zero-order chi connectivity index (χ0) is 16.5. The molecule has 3 nitrogen and oxygen atoms in total. The van der Waals surface area contributed by atoms with E-state index in [0.29, 0.717) is 17.7 Å². The Morgan fingerprint density at radius 2 is 1.78 bits per heavy atom. The van der Waals surface area contributed by atoms with Crippen LogP contribution in [-0.2, 0) is 4.79 Å². The molecule has 1 fully saturated rings. The maximum atomic E-state index is 12.1. The van der Waals surface area contributed by atoms with Gasteiger partial charge in [-0.25, -0.2) is 0 Å². The van der Waals surface area contributed by atoms with Gasteiger partial charge in [0.25, 0.3) is 5.91 Å².